The molecule has 0 nitrogen and oxygen atoms in total. The van der Waals surface area contributed by atoms with E-state index in [9.17, 15) is 0 Å². The molecule has 0 heterocycles. The topological polar surface area (TPSA) is 0 Å². The van der Waals surface area contributed by atoms with Crippen molar-refractivity contribution in [3.63, 3.8) is 0 Å². The molecule has 0 aromatic carbocycles. The van der Waals surface area contributed by atoms with Crippen LogP contribution in [0, 0.1) is 5.92 Å². The van der Waals surface area contributed by atoms with Crippen molar-refractivity contribution in [3.05, 3.63) is 24.8 Å². The van der Waals surface area contributed by atoms with Gasteiger partial charge in [-0.1, -0.05) is 51.3 Å². The summed E-state index contributed by atoms with van der Waals surface area (Å²) in [5.41, 5.74) is 0. The average molecular weight is 208 g/mol. The first-order valence-corrected chi connectivity index (χ1v) is 6.62. The maximum Gasteiger partial charge on any atom is -0.0233 e. The Morgan fingerprint density at radius 3 is 2.47 bits per heavy atom. The highest BCUT2D eigenvalue weighted by molar-refractivity contribution is 4.88. The molecule has 88 valence electrons. The van der Waals surface area contributed by atoms with Crippen molar-refractivity contribution in [3.8, 4) is 0 Å². The fourth-order valence-corrected chi connectivity index (χ4v) is 1.75. The Hall–Kier alpha value is -0.520. The molecule has 0 fully saturated rings. The van der Waals surface area contributed by atoms with E-state index in [1.54, 1.807) is 0 Å². The molecular weight excluding hydrogens is 180 g/mol. The maximum atomic E-state index is 3.77. The highest BCUT2D eigenvalue weighted by atomic mass is 14.0. The van der Waals surface area contributed by atoms with Gasteiger partial charge < -0.3 is 0 Å². The third kappa shape index (κ3) is 9.78. The van der Waals surface area contributed by atoms with Gasteiger partial charge in [0, 0.05) is 0 Å². The molecule has 0 aliphatic carbocycles. The summed E-state index contributed by atoms with van der Waals surface area (Å²) in [4.78, 5) is 0. The largest absolute Gasteiger partial charge is 0.103 e. The van der Waals surface area contributed by atoms with Gasteiger partial charge in [0.05, 0.1) is 0 Å². The Labute approximate surface area is 96.5 Å². The first kappa shape index (κ1) is 14.5. The normalized spacial score (nSPS) is 13.2. The lowest BCUT2D eigenvalue weighted by molar-refractivity contribution is 0.576. The van der Waals surface area contributed by atoms with Gasteiger partial charge in [-0.05, 0) is 38.0 Å². The molecule has 0 N–H and O–H groups in total. The number of hydrogen-bond acceptors (Lipinski definition) is 0. The number of allylic oxidation sites excluding steroid dienone is 3. The second kappa shape index (κ2) is 11.6. The molecule has 0 aromatic rings. The van der Waals surface area contributed by atoms with Crippen LogP contribution in [-0.2, 0) is 0 Å². The van der Waals surface area contributed by atoms with Crippen LogP contribution in [0.3, 0.4) is 0 Å². The third-order valence-electron chi connectivity index (χ3n) is 2.90. The zero-order valence-corrected chi connectivity index (χ0v) is 10.7. The van der Waals surface area contributed by atoms with Crippen molar-refractivity contribution in [1.29, 1.82) is 0 Å². The van der Waals surface area contributed by atoms with Gasteiger partial charge in [-0.25, -0.2) is 0 Å². The van der Waals surface area contributed by atoms with Crippen molar-refractivity contribution in [2.24, 2.45) is 5.92 Å². The quantitative estimate of drug-likeness (QED) is 0.328. The molecule has 0 aromatic heterocycles. The zero-order valence-electron chi connectivity index (χ0n) is 10.7. The first-order valence-electron chi connectivity index (χ1n) is 6.62. The molecule has 0 radical (unpaired) electrons. The summed E-state index contributed by atoms with van der Waals surface area (Å²) in [6.07, 6.45) is 17.3. The zero-order chi connectivity index (χ0) is 11.4. The minimum atomic E-state index is 0.772. The lowest BCUT2D eigenvalue weighted by Crippen LogP contribution is -1.92. The van der Waals surface area contributed by atoms with Crippen molar-refractivity contribution in [2.45, 2.75) is 65.2 Å². The first-order chi connectivity index (χ1) is 7.35. The average Bonchev–Trinajstić information content (AvgIpc) is 2.27. The molecule has 0 saturated heterocycles. The van der Waals surface area contributed by atoms with Gasteiger partial charge in [-0.15, -0.1) is 6.58 Å². The lowest BCUT2D eigenvalue weighted by atomic mass is 9.99. The van der Waals surface area contributed by atoms with E-state index in [0.29, 0.717) is 0 Å². The Morgan fingerprint density at radius 1 is 1.07 bits per heavy atom. The van der Waals surface area contributed by atoms with Gasteiger partial charge in [0.2, 0.25) is 0 Å². The second-order valence-electron chi connectivity index (χ2n) is 4.31. The summed E-state index contributed by atoms with van der Waals surface area (Å²) in [5, 5.41) is 0. The second-order valence-corrected chi connectivity index (χ2v) is 4.31. The highest BCUT2D eigenvalue weighted by Gasteiger charge is 1.98. The molecule has 1 unspecified atom stereocenters. The summed E-state index contributed by atoms with van der Waals surface area (Å²) in [6.45, 7) is 8.31. The monoisotopic (exact) mass is 208 g/mol. The molecule has 1 atom stereocenters. The van der Waals surface area contributed by atoms with Crippen LogP contribution in [0.15, 0.2) is 24.8 Å². The molecule has 0 aliphatic rings. The maximum absolute atomic E-state index is 3.77. The molecule has 15 heavy (non-hydrogen) atoms. The summed E-state index contributed by atoms with van der Waals surface area (Å²) >= 11 is 0. The third-order valence-corrected chi connectivity index (χ3v) is 2.90. The van der Waals surface area contributed by atoms with Crippen LogP contribution >= 0.6 is 0 Å². The molecule has 0 spiro atoms. The predicted octanol–water partition coefficient (Wildman–Crippen LogP) is 5.51. The number of unbranched alkanes of at least 4 members (excludes halogenated alkanes) is 4. The smallest absolute Gasteiger partial charge is 0.0233 e. The highest BCUT2D eigenvalue weighted by Crippen LogP contribution is 2.13. The van der Waals surface area contributed by atoms with Gasteiger partial charge in [0.25, 0.3) is 0 Å². The van der Waals surface area contributed by atoms with E-state index in [1.165, 1.54) is 44.9 Å². The van der Waals surface area contributed by atoms with E-state index >= 15 is 0 Å². The summed E-state index contributed by atoms with van der Waals surface area (Å²) in [6, 6.07) is 0. The fraction of sp³-hybridized carbons (Fsp3) is 0.733. The van der Waals surface area contributed by atoms with Gasteiger partial charge in [0.1, 0.15) is 0 Å². The van der Waals surface area contributed by atoms with E-state index < -0.39 is 0 Å². The fourth-order valence-electron chi connectivity index (χ4n) is 1.75. The Morgan fingerprint density at radius 2 is 1.87 bits per heavy atom. The molecule has 0 aliphatic heterocycles. The van der Waals surface area contributed by atoms with Gasteiger partial charge in [-0.3, -0.25) is 0 Å². The van der Waals surface area contributed by atoms with Crippen molar-refractivity contribution in [2.75, 3.05) is 0 Å². The molecule has 0 rings (SSSR count). The number of hydrogen-bond donors (Lipinski definition) is 0. The van der Waals surface area contributed by atoms with E-state index in [1.807, 2.05) is 6.08 Å². The van der Waals surface area contributed by atoms with E-state index in [4.69, 9.17) is 0 Å². The van der Waals surface area contributed by atoms with Crippen LogP contribution in [0.4, 0.5) is 0 Å². The standard InChI is InChI=1S/C15H28/c1-4-7-9-10-11-12-14-15(6-3)13-8-5-2/h5,12,14-15H,2,4,6-11,13H2,1,3H3/b14-12+. The van der Waals surface area contributed by atoms with Crippen LogP contribution in [0.25, 0.3) is 0 Å². The van der Waals surface area contributed by atoms with Crippen LogP contribution in [-0.4, -0.2) is 0 Å². The van der Waals surface area contributed by atoms with Crippen LogP contribution in [0.5, 0.6) is 0 Å². The van der Waals surface area contributed by atoms with Crippen molar-refractivity contribution in [1.82, 2.24) is 0 Å². The molecule has 0 heteroatoms. The van der Waals surface area contributed by atoms with Crippen LogP contribution in [0.2, 0.25) is 0 Å². The SMILES string of the molecule is C=CCCC(/C=C/CCCCCC)CC. The van der Waals surface area contributed by atoms with Gasteiger partial charge >= 0.3 is 0 Å². The van der Waals surface area contributed by atoms with E-state index in [0.717, 1.165) is 12.3 Å². The van der Waals surface area contributed by atoms with E-state index in [-0.39, 0.29) is 0 Å². The minimum absolute atomic E-state index is 0.772. The van der Waals surface area contributed by atoms with E-state index in [2.05, 4.69) is 32.6 Å². The lowest BCUT2D eigenvalue weighted by Gasteiger charge is -2.07. The molecule has 0 amide bonds. The Bertz CT molecular complexity index is 155. The van der Waals surface area contributed by atoms with Crippen molar-refractivity contribution >= 4 is 0 Å². The number of rotatable bonds is 10. The summed E-state index contributed by atoms with van der Waals surface area (Å²) < 4.78 is 0. The summed E-state index contributed by atoms with van der Waals surface area (Å²) in [5.74, 6) is 0.772. The molecule has 0 saturated carbocycles. The summed E-state index contributed by atoms with van der Waals surface area (Å²) in [7, 11) is 0. The van der Waals surface area contributed by atoms with Gasteiger partial charge in [0.15, 0.2) is 0 Å². The van der Waals surface area contributed by atoms with Crippen LogP contribution < -0.4 is 0 Å². The van der Waals surface area contributed by atoms with Gasteiger partial charge in [-0.2, -0.15) is 0 Å². The van der Waals surface area contributed by atoms with Crippen molar-refractivity contribution < 1.29 is 0 Å². The minimum Gasteiger partial charge on any atom is -0.103 e. The molecular formula is C15H28. The Kier molecular flexibility index (Phi) is 11.2. The van der Waals surface area contributed by atoms with Crippen LogP contribution in [0.1, 0.15) is 65.2 Å². The Balaban J connectivity index is 3.48. The predicted molar refractivity (Wildman–Crippen MR) is 71.1 cm³/mol. The molecule has 0 bridgehead atoms.